The second-order valence-corrected chi connectivity index (χ2v) is 7.55. The van der Waals surface area contributed by atoms with Gasteiger partial charge in [-0.1, -0.05) is 95.3 Å². The number of hydrogen-bond acceptors (Lipinski definition) is 3. The molecule has 1 N–H and O–H groups in total. The lowest BCUT2D eigenvalue weighted by atomic mass is 9.94. The predicted octanol–water partition coefficient (Wildman–Crippen LogP) is 5.58. The van der Waals surface area contributed by atoms with Crippen molar-refractivity contribution in [3.8, 4) is 0 Å². The number of unbranched alkanes of at least 4 members (excludes halogenated alkanes) is 6. The summed E-state index contributed by atoms with van der Waals surface area (Å²) >= 11 is 6.48. The van der Waals surface area contributed by atoms with Crippen molar-refractivity contribution >= 4 is 34.2 Å². The molecule has 2 nitrogen and oxygen atoms in total. The van der Waals surface area contributed by atoms with Crippen LogP contribution in [0, 0.1) is 5.92 Å². The van der Waals surface area contributed by atoms with E-state index in [1.54, 1.807) is 0 Å². The van der Waals surface area contributed by atoms with E-state index in [0.717, 1.165) is 4.91 Å². The molecule has 0 radical (unpaired) electrons. The van der Waals surface area contributed by atoms with E-state index in [0.29, 0.717) is 10.2 Å². The molecule has 0 aromatic rings. The van der Waals surface area contributed by atoms with E-state index in [9.17, 15) is 4.79 Å². The number of amides is 1. The van der Waals surface area contributed by atoms with E-state index >= 15 is 0 Å². The standard InChI is InChI=1S/C17H29NOS2/c1-3-5-7-8-10-12-14(11-9-6-4-2)13-15-16(19)18-17(20)21-15/h13-14H,3-12H2,1-2H3,(H,18,19,20)/b15-13-. The zero-order valence-corrected chi connectivity index (χ0v) is 15.1. The third-order valence-corrected chi connectivity index (χ3v) is 5.07. The minimum Gasteiger partial charge on any atom is -0.307 e. The maximum absolute atomic E-state index is 11.8. The quantitative estimate of drug-likeness (QED) is 0.305. The molecule has 1 atom stereocenters. The molecule has 1 rings (SSSR count). The Balaban J connectivity index is 2.45. The lowest BCUT2D eigenvalue weighted by molar-refractivity contribution is -0.115. The minimum absolute atomic E-state index is 0.00326. The van der Waals surface area contributed by atoms with Crippen molar-refractivity contribution in [1.82, 2.24) is 5.32 Å². The fourth-order valence-corrected chi connectivity index (χ4v) is 3.74. The molecule has 1 aliphatic rings. The highest BCUT2D eigenvalue weighted by atomic mass is 32.2. The Kier molecular flexibility index (Phi) is 10.0. The number of nitrogens with one attached hydrogen (secondary N) is 1. The fraction of sp³-hybridized carbons (Fsp3) is 0.765. The Morgan fingerprint density at radius 1 is 1.05 bits per heavy atom. The van der Waals surface area contributed by atoms with Crippen LogP contribution >= 0.6 is 24.0 Å². The van der Waals surface area contributed by atoms with Gasteiger partial charge in [-0.2, -0.15) is 0 Å². The number of carbonyl (C=O) groups excluding carboxylic acids is 1. The molecule has 0 aromatic carbocycles. The highest BCUT2D eigenvalue weighted by molar-refractivity contribution is 8.26. The van der Waals surface area contributed by atoms with Gasteiger partial charge in [-0.15, -0.1) is 0 Å². The highest BCUT2D eigenvalue weighted by Gasteiger charge is 2.23. The van der Waals surface area contributed by atoms with Gasteiger partial charge in [0.2, 0.25) is 0 Å². The summed E-state index contributed by atoms with van der Waals surface area (Å²) in [6, 6.07) is 0. The molecule has 1 unspecified atom stereocenters. The van der Waals surface area contributed by atoms with Crippen molar-refractivity contribution < 1.29 is 4.79 Å². The monoisotopic (exact) mass is 327 g/mol. The van der Waals surface area contributed by atoms with E-state index in [-0.39, 0.29) is 5.91 Å². The largest absolute Gasteiger partial charge is 0.307 e. The van der Waals surface area contributed by atoms with Crippen LogP contribution in [0.2, 0.25) is 0 Å². The fourth-order valence-electron chi connectivity index (χ4n) is 2.63. The summed E-state index contributed by atoms with van der Waals surface area (Å²) in [5.41, 5.74) is 0. The molecule has 1 heterocycles. The molecule has 0 spiro atoms. The Labute approximate surface area is 139 Å². The predicted molar refractivity (Wildman–Crippen MR) is 97.4 cm³/mol. The van der Waals surface area contributed by atoms with Crippen LogP contribution in [0.15, 0.2) is 11.0 Å². The molecule has 4 heteroatoms. The van der Waals surface area contributed by atoms with Gasteiger partial charge in [-0.05, 0) is 18.8 Å². The van der Waals surface area contributed by atoms with E-state index in [1.807, 2.05) is 0 Å². The Morgan fingerprint density at radius 3 is 2.19 bits per heavy atom. The number of allylic oxidation sites excluding steroid dienone is 1. The van der Waals surface area contributed by atoms with Crippen molar-refractivity contribution in [3.05, 3.63) is 11.0 Å². The van der Waals surface area contributed by atoms with Gasteiger partial charge in [-0.25, -0.2) is 0 Å². The van der Waals surface area contributed by atoms with E-state index in [4.69, 9.17) is 12.2 Å². The molecule has 1 amide bonds. The first-order chi connectivity index (χ1) is 10.2. The normalized spacial score (nSPS) is 18.3. The summed E-state index contributed by atoms with van der Waals surface area (Å²) in [6.45, 7) is 4.48. The van der Waals surface area contributed by atoms with Crippen LogP contribution in [0.25, 0.3) is 0 Å². The molecular formula is C17H29NOS2. The average molecular weight is 328 g/mol. The van der Waals surface area contributed by atoms with Gasteiger partial charge in [0.05, 0.1) is 4.91 Å². The van der Waals surface area contributed by atoms with E-state index in [2.05, 4.69) is 25.2 Å². The number of hydrogen-bond donors (Lipinski definition) is 1. The first-order valence-corrected chi connectivity index (χ1v) is 9.64. The van der Waals surface area contributed by atoms with Gasteiger partial charge < -0.3 is 5.32 Å². The molecule has 21 heavy (non-hydrogen) atoms. The number of thiocarbonyl (C=S) groups is 1. The maximum atomic E-state index is 11.8. The molecule has 120 valence electrons. The van der Waals surface area contributed by atoms with Crippen LogP contribution in [0.3, 0.4) is 0 Å². The minimum atomic E-state index is -0.00326. The summed E-state index contributed by atoms with van der Waals surface area (Å²) in [4.78, 5) is 12.6. The maximum Gasteiger partial charge on any atom is 0.263 e. The second kappa shape index (κ2) is 11.2. The van der Waals surface area contributed by atoms with Gasteiger partial charge in [-0.3, -0.25) is 4.79 Å². The van der Waals surface area contributed by atoms with Gasteiger partial charge in [0.25, 0.3) is 5.91 Å². The second-order valence-electron chi connectivity index (χ2n) is 5.83. The smallest absolute Gasteiger partial charge is 0.263 e. The van der Waals surface area contributed by atoms with Gasteiger partial charge in [0.15, 0.2) is 0 Å². The molecule has 1 saturated heterocycles. The van der Waals surface area contributed by atoms with E-state index in [1.165, 1.54) is 76.0 Å². The van der Waals surface area contributed by atoms with Crippen LogP contribution in [0.1, 0.15) is 78.1 Å². The van der Waals surface area contributed by atoms with Crippen molar-refractivity contribution in [1.29, 1.82) is 0 Å². The zero-order valence-electron chi connectivity index (χ0n) is 13.5. The molecule has 1 aliphatic heterocycles. The highest BCUT2D eigenvalue weighted by Crippen LogP contribution is 2.28. The van der Waals surface area contributed by atoms with Crippen LogP contribution in [-0.4, -0.2) is 10.2 Å². The number of rotatable bonds is 11. The number of carbonyl (C=O) groups is 1. The molecule has 0 aromatic heterocycles. The Bertz CT molecular complexity index is 366. The SMILES string of the molecule is CCCCCCCC(/C=C1\SC(=S)NC1=O)CCCCC. The average Bonchev–Trinajstić information content (AvgIpc) is 2.76. The Morgan fingerprint density at radius 2 is 1.62 bits per heavy atom. The first kappa shape index (κ1) is 18.7. The van der Waals surface area contributed by atoms with E-state index < -0.39 is 0 Å². The van der Waals surface area contributed by atoms with Crippen LogP contribution in [0.5, 0.6) is 0 Å². The lowest BCUT2D eigenvalue weighted by Gasteiger charge is -2.13. The van der Waals surface area contributed by atoms with Crippen LogP contribution in [-0.2, 0) is 4.79 Å². The van der Waals surface area contributed by atoms with Crippen molar-refractivity contribution in [3.63, 3.8) is 0 Å². The summed E-state index contributed by atoms with van der Waals surface area (Å²) < 4.78 is 0.599. The summed E-state index contributed by atoms with van der Waals surface area (Å²) in [5, 5.41) is 2.71. The van der Waals surface area contributed by atoms with Crippen LogP contribution in [0.4, 0.5) is 0 Å². The summed E-state index contributed by atoms with van der Waals surface area (Å²) in [6.07, 6.45) is 14.9. The molecule has 0 saturated carbocycles. The van der Waals surface area contributed by atoms with Crippen molar-refractivity contribution in [2.24, 2.45) is 5.92 Å². The Hall–Kier alpha value is -0.350. The molecule has 0 aliphatic carbocycles. The van der Waals surface area contributed by atoms with Gasteiger partial charge in [0.1, 0.15) is 4.32 Å². The molecule has 1 fully saturated rings. The summed E-state index contributed by atoms with van der Waals surface area (Å²) in [5.74, 6) is 0.531. The molecular weight excluding hydrogens is 298 g/mol. The van der Waals surface area contributed by atoms with Crippen LogP contribution < -0.4 is 5.32 Å². The zero-order chi connectivity index (χ0) is 15.5. The molecule has 0 bridgehead atoms. The third-order valence-electron chi connectivity index (χ3n) is 3.89. The van der Waals surface area contributed by atoms with Gasteiger partial charge in [0, 0.05) is 0 Å². The van der Waals surface area contributed by atoms with Crippen molar-refractivity contribution in [2.45, 2.75) is 78.1 Å². The van der Waals surface area contributed by atoms with Gasteiger partial charge >= 0.3 is 0 Å². The first-order valence-electron chi connectivity index (χ1n) is 8.42. The summed E-state index contributed by atoms with van der Waals surface area (Å²) in [7, 11) is 0. The third kappa shape index (κ3) is 8.01. The van der Waals surface area contributed by atoms with Crippen molar-refractivity contribution in [2.75, 3.05) is 0 Å². The topological polar surface area (TPSA) is 29.1 Å². The lowest BCUT2D eigenvalue weighted by Crippen LogP contribution is -2.18. The number of thioether (sulfide) groups is 1.